The van der Waals surface area contributed by atoms with Crippen LogP contribution in [-0.2, 0) is 24.0 Å². The molecular formula is C52H102N6O5. The molecule has 0 atom stereocenters. The number of hydrogen-bond donors (Lipinski definition) is 2. The van der Waals surface area contributed by atoms with Gasteiger partial charge in [0, 0.05) is 26.2 Å². The average Bonchev–Trinajstić information content (AvgIpc) is 3.27. The third kappa shape index (κ3) is 36.2. The summed E-state index contributed by atoms with van der Waals surface area (Å²) in [5, 5.41) is 3.14. The smallest absolute Gasteiger partial charge is 0.242 e. The van der Waals surface area contributed by atoms with Crippen molar-refractivity contribution in [2.75, 3.05) is 65.4 Å². The second-order valence-corrected chi connectivity index (χ2v) is 18.4. The van der Waals surface area contributed by atoms with Crippen LogP contribution < -0.4 is 11.1 Å². The molecule has 0 aromatic heterocycles. The molecule has 11 nitrogen and oxygen atoms in total. The molecule has 370 valence electrons. The number of carbonyl (C=O) groups is 5. The van der Waals surface area contributed by atoms with Gasteiger partial charge in [-0.2, -0.15) is 0 Å². The first-order valence-corrected chi connectivity index (χ1v) is 26.7. The van der Waals surface area contributed by atoms with E-state index in [0.29, 0.717) is 32.7 Å². The van der Waals surface area contributed by atoms with Gasteiger partial charge in [0.15, 0.2) is 0 Å². The zero-order valence-corrected chi connectivity index (χ0v) is 42.1. The van der Waals surface area contributed by atoms with Gasteiger partial charge in [-0.1, -0.05) is 214 Å². The first-order valence-electron chi connectivity index (χ1n) is 26.7. The summed E-state index contributed by atoms with van der Waals surface area (Å²) in [4.78, 5) is 74.7. The van der Waals surface area contributed by atoms with E-state index in [2.05, 4.69) is 33.0 Å². The Balaban J connectivity index is 6.10. The number of nitrogens with one attached hydrogen (secondary N) is 1. The first kappa shape index (κ1) is 60.3. The van der Waals surface area contributed by atoms with Crippen LogP contribution in [0.1, 0.15) is 240 Å². The molecule has 0 aromatic carbocycles. The van der Waals surface area contributed by atoms with Crippen molar-refractivity contribution in [3.8, 4) is 0 Å². The maximum Gasteiger partial charge on any atom is 0.242 e. The molecule has 0 unspecified atom stereocenters. The molecular weight excluding hydrogens is 789 g/mol. The van der Waals surface area contributed by atoms with Crippen LogP contribution in [0.3, 0.4) is 0 Å². The standard InChI is InChI=1S/C52H102N6O5/c1-6-11-15-19-23-27-31-35-39-55(44-48(53)59)50(61)46-57(41-37-33-29-25-21-17-13-8-3)52(63)47-58(42-38-34-30-26-22-18-14-9-4)51(62)45-56(49(60)43-54-10-5)40-36-32-28-24-20-16-12-7-2/h54H,6-47H2,1-5H3,(H2,53,59). The number of nitrogens with two attached hydrogens (primary N) is 1. The van der Waals surface area contributed by atoms with Gasteiger partial charge in [-0.05, 0) is 32.2 Å². The fraction of sp³-hybridized carbons (Fsp3) is 0.904. The average molecular weight is 891 g/mol. The number of rotatable bonds is 47. The van der Waals surface area contributed by atoms with Crippen LogP contribution in [0.5, 0.6) is 0 Å². The van der Waals surface area contributed by atoms with Crippen LogP contribution >= 0.6 is 0 Å². The van der Waals surface area contributed by atoms with Crippen LogP contribution in [0.25, 0.3) is 0 Å². The van der Waals surface area contributed by atoms with Crippen molar-refractivity contribution in [2.24, 2.45) is 5.73 Å². The Hall–Kier alpha value is -2.69. The zero-order valence-electron chi connectivity index (χ0n) is 42.1. The number of amides is 5. The Bertz CT molecular complexity index is 1120. The van der Waals surface area contributed by atoms with Crippen LogP contribution in [0, 0.1) is 0 Å². The summed E-state index contributed by atoms with van der Waals surface area (Å²) in [6.45, 7) is 12.9. The minimum Gasteiger partial charge on any atom is -0.368 e. The van der Waals surface area contributed by atoms with Gasteiger partial charge < -0.3 is 30.7 Å². The third-order valence-corrected chi connectivity index (χ3v) is 12.4. The van der Waals surface area contributed by atoms with Gasteiger partial charge in [0.05, 0.1) is 32.7 Å². The molecule has 3 N–H and O–H groups in total. The number of primary amides is 1. The monoisotopic (exact) mass is 891 g/mol. The van der Waals surface area contributed by atoms with Crippen LogP contribution in [-0.4, -0.2) is 115 Å². The summed E-state index contributed by atoms with van der Waals surface area (Å²) in [5.41, 5.74) is 5.64. The van der Waals surface area contributed by atoms with Gasteiger partial charge in [-0.3, -0.25) is 24.0 Å². The van der Waals surface area contributed by atoms with E-state index in [1.807, 2.05) is 6.92 Å². The fourth-order valence-electron chi connectivity index (χ4n) is 8.24. The Morgan fingerprint density at radius 2 is 0.540 bits per heavy atom. The molecule has 0 rings (SSSR count). The maximum atomic E-state index is 14.4. The quantitative estimate of drug-likeness (QED) is 0.0584. The Kier molecular flexibility index (Phi) is 42.6. The minimum atomic E-state index is -0.564. The molecule has 0 fully saturated rings. The second kappa shape index (κ2) is 44.5. The van der Waals surface area contributed by atoms with E-state index in [1.54, 1.807) is 14.7 Å². The van der Waals surface area contributed by atoms with E-state index in [-0.39, 0.29) is 56.4 Å². The highest BCUT2D eigenvalue weighted by molar-refractivity contribution is 5.91. The van der Waals surface area contributed by atoms with Crippen molar-refractivity contribution in [1.29, 1.82) is 0 Å². The van der Waals surface area contributed by atoms with Gasteiger partial charge in [-0.25, -0.2) is 0 Å². The molecule has 0 aliphatic rings. The number of likely N-dealkylation sites (N-methyl/N-ethyl adjacent to an activating group) is 1. The van der Waals surface area contributed by atoms with Gasteiger partial charge in [-0.15, -0.1) is 0 Å². The Labute approximate surface area is 388 Å². The van der Waals surface area contributed by atoms with Crippen molar-refractivity contribution in [2.45, 2.75) is 240 Å². The summed E-state index contributed by atoms with van der Waals surface area (Å²) in [7, 11) is 0. The van der Waals surface area contributed by atoms with Crippen LogP contribution in [0.2, 0.25) is 0 Å². The summed E-state index contributed by atoms with van der Waals surface area (Å²) in [5.74, 6) is -1.43. The zero-order chi connectivity index (χ0) is 46.6. The van der Waals surface area contributed by atoms with Crippen molar-refractivity contribution in [1.82, 2.24) is 24.9 Å². The highest BCUT2D eigenvalue weighted by atomic mass is 16.2. The molecule has 63 heavy (non-hydrogen) atoms. The van der Waals surface area contributed by atoms with E-state index in [0.717, 1.165) is 89.9 Å². The summed E-state index contributed by atoms with van der Waals surface area (Å²) >= 11 is 0. The third-order valence-electron chi connectivity index (χ3n) is 12.4. The predicted molar refractivity (Wildman–Crippen MR) is 264 cm³/mol. The number of carbonyl (C=O) groups excluding carboxylic acids is 5. The molecule has 0 spiro atoms. The van der Waals surface area contributed by atoms with Gasteiger partial charge in [0.1, 0.15) is 0 Å². The molecule has 0 aromatic rings. The van der Waals surface area contributed by atoms with E-state index in [9.17, 15) is 24.0 Å². The lowest BCUT2D eigenvalue weighted by molar-refractivity contribution is -0.146. The van der Waals surface area contributed by atoms with Gasteiger partial charge in [0.2, 0.25) is 29.5 Å². The molecule has 0 radical (unpaired) electrons. The summed E-state index contributed by atoms with van der Waals surface area (Å²) < 4.78 is 0. The maximum absolute atomic E-state index is 14.4. The normalized spacial score (nSPS) is 11.2. The molecule has 0 aliphatic heterocycles. The predicted octanol–water partition coefficient (Wildman–Crippen LogP) is 11.0. The molecule has 0 heterocycles. The fourth-order valence-corrected chi connectivity index (χ4v) is 8.24. The van der Waals surface area contributed by atoms with Gasteiger partial charge in [0.25, 0.3) is 0 Å². The van der Waals surface area contributed by atoms with Crippen molar-refractivity contribution in [3.63, 3.8) is 0 Å². The molecule has 0 saturated carbocycles. The van der Waals surface area contributed by atoms with E-state index >= 15 is 0 Å². The molecule has 0 saturated heterocycles. The van der Waals surface area contributed by atoms with E-state index in [1.165, 1.54) is 120 Å². The second-order valence-electron chi connectivity index (χ2n) is 18.4. The molecule has 0 aliphatic carbocycles. The topological polar surface area (TPSA) is 136 Å². The minimum absolute atomic E-state index is 0.0625. The van der Waals surface area contributed by atoms with Crippen LogP contribution in [0.4, 0.5) is 0 Å². The lowest BCUT2D eigenvalue weighted by atomic mass is 10.1. The van der Waals surface area contributed by atoms with Gasteiger partial charge >= 0.3 is 0 Å². The number of unbranched alkanes of at least 4 members (excludes halogenated alkanes) is 28. The number of nitrogens with zero attached hydrogens (tertiary/aromatic N) is 4. The van der Waals surface area contributed by atoms with E-state index < -0.39 is 5.91 Å². The molecule has 5 amide bonds. The lowest BCUT2D eigenvalue weighted by Gasteiger charge is -2.31. The highest BCUT2D eigenvalue weighted by Gasteiger charge is 2.27. The highest BCUT2D eigenvalue weighted by Crippen LogP contribution is 2.14. The molecule has 11 heteroatoms. The summed E-state index contributed by atoms with van der Waals surface area (Å²) in [6, 6.07) is 0. The Morgan fingerprint density at radius 1 is 0.317 bits per heavy atom. The van der Waals surface area contributed by atoms with Crippen LogP contribution in [0.15, 0.2) is 0 Å². The van der Waals surface area contributed by atoms with E-state index in [4.69, 9.17) is 5.73 Å². The summed E-state index contributed by atoms with van der Waals surface area (Å²) in [6.07, 6.45) is 35.9. The van der Waals surface area contributed by atoms with Crippen molar-refractivity contribution < 1.29 is 24.0 Å². The van der Waals surface area contributed by atoms with Crippen molar-refractivity contribution in [3.05, 3.63) is 0 Å². The number of hydrogen-bond acceptors (Lipinski definition) is 6. The molecule has 0 bridgehead atoms. The SMILES string of the molecule is CCCCCCCCCCN(CC(N)=O)C(=O)CN(CCCCCCCCCC)C(=O)CN(CCCCCCCCCC)C(=O)CN(CCCCCCCCCC)C(=O)CNCC. The first-order chi connectivity index (χ1) is 30.6. The Morgan fingerprint density at radius 3 is 0.778 bits per heavy atom. The van der Waals surface area contributed by atoms with Crippen molar-refractivity contribution >= 4 is 29.5 Å². The largest absolute Gasteiger partial charge is 0.368 e. The lowest BCUT2D eigenvalue weighted by Crippen LogP contribution is -2.51.